The zero-order valence-corrected chi connectivity index (χ0v) is 9.14. The Labute approximate surface area is 94.1 Å². The van der Waals surface area contributed by atoms with Gasteiger partial charge in [0.05, 0.1) is 19.0 Å². The van der Waals surface area contributed by atoms with E-state index in [2.05, 4.69) is 4.99 Å². The van der Waals surface area contributed by atoms with Crippen molar-refractivity contribution in [2.75, 3.05) is 7.11 Å². The van der Waals surface area contributed by atoms with Crippen LogP contribution in [0.15, 0.2) is 23.2 Å². The van der Waals surface area contributed by atoms with E-state index in [1.165, 1.54) is 6.21 Å². The fourth-order valence-corrected chi connectivity index (χ4v) is 2.52. The van der Waals surface area contributed by atoms with Gasteiger partial charge in [0.15, 0.2) is 5.78 Å². The molecule has 1 saturated carbocycles. The predicted molar refractivity (Wildman–Crippen MR) is 61.6 cm³/mol. The van der Waals surface area contributed by atoms with Gasteiger partial charge in [-0.1, -0.05) is 0 Å². The number of ketones is 1. The Bertz CT molecular complexity index is 479. The number of rotatable bonds is 1. The minimum absolute atomic E-state index is 0.150. The number of carbonyl (C=O) groups excluding carboxylic acids is 1. The Morgan fingerprint density at radius 3 is 2.81 bits per heavy atom. The Kier molecular flexibility index (Phi) is 2.06. The van der Waals surface area contributed by atoms with Gasteiger partial charge < -0.3 is 4.74 Å². The third-order valence-corrected chi connectivity index (χ3v) is 3.60. The van der Waals surface area contributed by atoms with Crippen LogP contribution >= 0.6 is 0 Å². The van der Waals surface area contributed by atoms with Gasteiger partial charge in [-0.05, 0) is 42.5 Å². The number of fused-ring (bicyclic) bond motifs is 3. The Hall–Kier alpha value is -1.64. The maximum absolute atomic E-state index is 11.7. The summed E-state index contributed by atoms with van der Waals surface area (Å²) in [6.07, 6.45) is 3.56. The van der Waals surface area contributed by atoms with Crippen LogP contribution in [0.25, 0.3) is 0 Å². The van der Waals surface area contributed by atoms with Crippen LogP contribution in [0.2, 0.25) is 0 Å². The number of Topliss-reactive ketones (excluding diaryl/α,β-unsaturated/α-hetero) is 1. The molecule has 16 heavy (non-hydrogen) atoms. The fourth-order valence-electron chi connectivity index (χ4n) is 2.52. The highest BCUT2D eigenvalue weighted by Crippen LogP contribution is 2.48. The van der Waals surface area contributed by atoms with Crippen LogP contribution < -0.4 is 4.74 Å². The summed E-state index contributed by atoms with van der Waals surface area (Å²) in [6, 6.07) is 5.83. The van der Waals surface area contributed by atoms with Crippen molar-refractivity contribution in [3.8, 4) is 5.75 Å². The number of aliphatic imine (C=N–C) groups is 1. The summed E-state index contributed by atoms with van der Waals surface area (Å²) in [6.45, 7) is 0. The van der Waals surface area contributed by atoms with E-state index in [0.29, 0.717) is 5.92 Å². The number of hydrogen-bond donors (Lipinski definition) is 0. The molecule has 0 amide bonds. The van der Waals surface area contributed by atoms with E-state index in [0.717, 1.165) is 29.8 Å². The van der Waals surface area contributed by atoms with E-state index >= 15 is 0 Å². The molecular weight excluding hydrogens is 202 g/mol. The first-order valence-corrected chi connectivity index (χ1v) is 5.55. The maximum Gasteiger partial charge on any atom is 0.177 e. The lowest BCUT2D eigenvalue weighted by Crippen LogP contribution is -2.30. The quantitative estimate of drug-likeness (QED) is 0.721. The van der Waals surface area contributed by atoms with Crippen LogP contribution in [-0.2, 0) is 4.79 Å². The second-order valence-electron chi connectivity index (χ2n) is 4.38. The molecule has 3 rings (SSSR count). The molecule has 0 N–H and O–H groups in total. The average molecular weight is 215 g/mol. The minimum atomic E-state index is 0.150. The highest BCUT2D eigenvalue weighted by Gasteiger charge is 2.39. The normalized spacial score (nSPS) is 26.4. The van der Waals surface area contributed by atoms with Gasteiger partial charge in [0.25, 0.3) is 0 Å². The molecule has 0 radical (unpaired) electrons. The molecule has 1 fully saturated rings. The summed E-state index contributed by atoms with van der Waals surface area (Å²) in [5, 5.41) is 0. The summed E-state index contributed by atoms with van der Waals surface area (Å²) in [5.41, 5.74) is 2.08. The largest absolute Gasteiger partial charge is 0.497 e. The Balaban J connectivity index is 2.10. The first-order valence-electron chi connectivity index (χ1n) is 5.55. The van der Waals surface area contributed by atoms with Gasteiger partial charge in [-0.25, -0.2) is 0 Å². The fraction of sp³-hybridized carbons (Fsp3) is 0.385. The highest BCUT2D eigenvalue weighted by atomic mass is 16.5. The highest BCUT2D eigenvalue weighted by molar-refractivity contribution is 6.29. The molecule has 1 aliphatic carbocycles. The topological polar surface area (TPSA) is 38.7 Å². The van der Waals surface area contributed by atoms with Crippen LogP contribution in [0, 0.1) is 5.92 Å². The predicted octanol–water partition coefficient (Wildman–Crippen LogP) is 2.47. The molecule has 1 aliphatic heterocycles. The van der Waals surface area contributed by atoms with E-state index in [1.54, 1.807) is 7.11 Å². The van der Waals surface area contributed by atoms with Crippen LogP contribution in [0.3, 0.4) is 0 Å². The summed E-state index contributed by atoms with van der Waals surface area (Å²) in [4.78, 5) is 16.0. The number of carbonyl (C=O) groups is 1. The molecule has 1 aromatic rings. The van der Waals surface area contributed by atoms with Gasteiger partial charge in [-0.3, -0.25) is 9.79 Å². The van der Waals surface area contributed by atoms with Crippen LogP contribution in [0.1, 0.15) is 24.3 Å². The van der Waals surface area contributed by atoms with E-state index < -0.39 is 0 Å². The zero-order valence-electron chi connectivity index (χ0n) is 9.14. The van der Waals surface area contributed by atoms with Gasteiger partial charge in [0, 0.05) is 5.92 Å². The molecule has 1 heterocycles. The molecule has 3 heteroatoms. The standard InChI is InChI=1S/C13H13NO2/c1-16-8-2-5-12-11(6-8)9-3-4-10(9)13(15)7-14-12/h2,5-7,9-10H,3-4H2,1H3/t9?,10-/m0/s1. The number of methoxy groups -OCH3 is 1. The van der Waals surface area contributed by atoms with Crippen molar-refractivity contribution in [3.63, 3.8) is 0 Å². The molecule has 1 aromatic carbocycles. The zero-order chi connectivity index (χ0) is 11.1. The number of ether oxygens (including phenoxy) is 1. The van der Waals surface area contributed by atoms with Crippen LogP contribution in [-0.4, -0.2) is 19.1 Å². The van der Waals surface area contributed by atoms with Crippen molar-refractivity contribution in [2.45, 2.75) is 18.8 Å². The first-order chi connectivity index (χ1) is 7.79. The van der Waals surface area contributed by atoms with Gasteiger partial charge in [0.1, 0.15) is 5.75 Å². The van der Waals surface area contributed by atoms with Crippen LogP contribution in [0.4, 0.5) is 5.69 Å². The average Bonchev–Trinajstić information content (AvgIpc) is 2.33. The molecule has 82 valence electrons. The minimum Gasteiger partial charge on any atom is -0.497 e. The summed E-state index contributed by atoms with van der Waals surface area (Å²) in [5.74, 6) is 1.51. The number of nitrogens with zero attached hydrogens (tertiary/aromatic N) is 1. The summed E-state index contributed by atoms with van der Waals surface area (Å²) < 4.78 is 5.22. The van der Waals surface area contributed by atoms with Crippen LogP contribution in [0.5, 0.6) is 5.75 Å². The molecule has 0 aromatic heterocycles. The van der Waals surface area contributed by atoms with E-state index in [1.807, 2.05) is 18.2 Å². The van der Waals surface area contributed by atoms with Crippen molar-refractivity contribution >= 4 is 17.7 Å². The lowest BCUT2D eigenvalue weighted by molar-refractivity contribution is -0.119. The van der Waals surface area contributed by atoms with E-state index in [9.17, 15) is 4.79 Å². The lowest BCUT2D eigenvalue weighted by atomic mass is 9.68. The second kappa shape index (κ2) is 3.44. The smallest absolute Gasteiger partial charge is 0.177 e. The molecule has 2 aliphatic rings. The van der Waals surface area contributed by atoms with E-state index in [-0.39, 0.29) is 11.7 Å². The second-order valence-corrected chi connectivity index (χ2v) is 4.38. The maximum atomic E-state index is 11.7. The van der Waals surface area contributed by atoms with Gasteiger partial charge >= 0.3 is 0 Å². The van der Waals surface area contributed by atoms with Gasteiger partial charge in [-0.2, -0.15) is 0 Å². The number of hydrogen-bond acceptors (Lipinski definition) is 3. The third kappa shape index (κ3) is 1.28. The lowest BCUT2D eigenvalue weighted by Gasteiger charge is -2.34. The summed E-state index contributed by atoms with van der Waals surface area (Å²) >= 11 is 0. The molecule has 0 bridgehead atoms. The van der Waals surface area contributed by atoms with Crippen molar-refractivity contribution in [1.29, 1.82) is 0 Å². The van der Waals surface area contributed by atoms with Crippen molar-refractivity contribution in [2.24, 2.45) is 10.9 Å². The third-order valence-electron chi connectivity index (χ3n) is 3.60. The summed E-state index contributed by atoms with van der Waals surface area (Å²) in [7, 11) is 1.66. The van der Waals surface area contributed by atoms with Crippen molar-refractivity contribution < 1.29 is 9.53 Å². The monoisotopic (exact) mass is 215 g/mol. The van der Waals surface area contributed by atoms with Gasteiger partial charge in [-0.15, -0.1) is 0 Å². The van der Waals surface area contributed by atoms with Gasteiger partial charge in [0.2, 0.25) is 0 Å². The van der Waals surface area contributed by atoms with Crippen molar-refractivity contribution in [3.05, 3.63) is 23.8 Å². The van der Waals surface area contributed by atoms with Crippen molar-refractivity contribution in [1.82, 2.24) is 0 Å². The SMILES string of the molecule is COc1ccc2c(c1)C1CC[C@@H]1C(=O)C=N2. The molecular formula is C13H13NO2. The number of benzene rings is 1. The Morgan fingerprint density at radius 1 is 1.31 bits per heavy atom. The molecule has 0 spiro atoms. The molecule has 1 unspecified atom stereocenters. The first kappa shape index (κ1) is 9.58. The molecule has 3 nitrogen and oxygen atoms in total. The Morgan fingerprint density at radius 2 is 2.12 bits per heavy atom. The molecule has 2 atom stereocenters. The molecule has 0 saturated heterocycles. The van der Waals surface area contributed by atoms with E-state index in [4.69, 9.17) is 4.74 Å².